The van der Waals surface area contributed by atoms with E-state index in [2.05, 4.69) is 26.9 Å². The van der Waals surface area contributed by atoms with Gasteiger partial charge in [0.15, 0.2) is 0 Å². The second kappa shape index (κ2) is 4.94. The first kappa shape index (κ1) is 11.6. The van der Waals surface area contributed by atoms with Crippen molar-refractivity contribution in [3.63, 3.8) is 0 Å². The van der Waals surface area contributed by atoms with Crippen molar-refractivity contribution in [1.29, 1.82) is 5.26 Å². The molecule has 1 aliphatic rings. The minimum atomic E-state index is -0.284. The van der Waals surface area contributed by atoms with Crippen LogP contribution in [0.5, 0.6) is 0 Å². The summed E-state index contributed by atoms with van der Waals surface area (Å²) in [6, 6.07) is 6.53. The Morgan fingerprint density at radius 3 is 2.62 bits per heavy atom. The summed E-state index contributed by atoms with van der Waals surface area (Å²) in [4.78, 5) is 2.14. The Balaban J connectivity index is 2.30. The molecule has 84 valence electrons. The third-order valence-electron chi connectivity index (χ3n) is 2.89. The van der Waals surface area contributed by atoms with Gasteiger partial charge in [-0.2, -0.15) is 5.26 Å². The molecule has 1 aromatic carbocycles. The number of halogens is 2. The number of rotatable bonds is 2. The molecule has 1 unspecified atom stereocenters. The van der Waals surface area contributed by atoms with Crippen LogP contribution in [-0.4, -0.2) is 18.0 Å². The standard InChI is InChI=1S/C12H12BrFN2/c13-11-7-9(14)3-4-10(11)12(8-15)16-5-1-2-6-16/h3-4,7,12H,1-2,5-6H2. The number of likely N-dealkylation sites (tertiary alicyclic amines) is 1. The van der Waals surface area contributed by atoms with Gasteiger partial charge in [0.2, 0.25) is 0 Å². The molecule has 0 amide bonds. The van der Waals surface area contributed by atoms with Crippen molar-refractivity contribution in [2.45, 2.75) is 18.9 Å². The number of nitrogens with zero attached hydrogens (tertiary/aromatic N) is 2. The molecule has 0 saturated carbocycles. The lowest BCUT2D eigenvalue weighted by Crippen LogP contribution is -2.24. The lowest BCUT2D eigenvalue weighted by molar-refractivity contribution is 0.293. The first-order valence-electron chi connectivity index (χ1n) is 5.31. The summed E-state index contributed by atoms with van der Waals surface area (Å²) < 4.78 is 13.6. The van der Waals surface area contributed by atoms with Crippen LogP contribution in [0.15, 0.2) is 22.7 Å². The third kappa shape index (κ3) is 2.26. The first-order valence-corrected chi connectivity index (χ1v) is 6.10. The number of nitriles is 1. The molecule has 1 heterocycles. The molecule has 1 atom stereocenters. The molecule has 1 saturated heterocycles. The summed E-state index contributed by atoms with van der Waals surface area (Å²) in [6.07, 6.45) is 2.27. The van der Waals surface area contributed by atoms with Crippen molar-refractivity contribution < 1.29 is 4.39 Å². The van der Waals surface area contributed by atoms with E-state index in [0.717, 1.165) is 31.5 Å². The smallest absolute Gasteiger partial charge is 0.124 e. The van der Waals surface area contributed by atoms with Crippen molar-refractivity contribution in [3.8, 4) is 6.07 Å². The van der Waals surface area contributed by atoms with Gasteiger partial charge < -0.3 is 0 Å². The maximum absolute atomic E-state index is 13.0. The maximum Gasteiger partial charge on any atom is 0.124 e. The van der Waals surface area contributed by atoms with E-state index in [-0.39, 0.29) is 11.9 Å². The van der Waals surface area contributed by atoms with Gasteiger partial charge in [0.1, 0.15) is 11.9 Å². The molecule has 0 bridgehead atoms. The minimum Gasteiger partial charge on any atom is -0.284 e. The predicted molar refractivity (Wildman–Crippen MR) is 63.3 cm³/mol. The molecule has 0 aliphatic carbocycles. The van der Waals surface area contributed by atoms with Crippen molar-refractivity contribution in [3.05, 3.63) is 34.1 Å². The van der Waals surface area contributed by atoms with E-state index in [1.165, 1.54) is 12.1 Å². The van der Waals surface area contributed by atoms with Crippen LogP contribution in [0.1, 0.15) is 24.4 Å². The Morgan fingerprint density at radius 1 is 1.38 bits per heavy atom. The molecule has 0 radical (unpaired) electrons. The van der Waals surface area contributed by atoms with Crippen LogP contribution < -0.4 is 0 Å². The zero-order chi connectivity index (χ0) is 11.5. The van der Waals surface area contributed by atoms with Gasteiger partial charge in [-0.25, -0.2) is 4.39 Å². The number of benzene rings is 1. The van der Waals surface area contributed by atoms with Crippen molar-refractivity contribution in [2.24, 2.45) is 0 Å². The summed E-state index contributed by atoms with van der Waals surface area (Å²) >= 11 is 3.32. The van der Waals surface area contributed by atoms with Gasteiger partial charge >= 0.3 is 0 Å². The van der Waals surface area contributed by atoms with Gasteiger partial charge in [0.05, 0.1) is 6.07 Å². The molecule has 4 heteroatoms. The first-order chi connectivity index (χ1) is 7.72. The highest BCUT2D eigenvalue weighted by molar-refractivity contribution is 9.10. The van der Waals surface area contributed by atoms with Crippen LogP contribution >= 0.6 is 15.9 Å². The Hall–Kier alpha value is -0.920. The molecule has 2 nitrogen and oxygen atoms in total. The highest BCUT2D eigenvalue weighted by Crippen LogP contribution is 2.30. The fourth-order valence-electron chi connectivity index (χ4n) is 2.07. The van der Waals surface area contributed by atoms with Crippen LogP contribution in [0.25, 0.3) is 0 Å². The molecule has 0 N–H and O–H groups in total. The Kier molecular flexibility index (Phi) is 3.57. The van der Waals surface area contributed by atoms with E-state index in [1.54, 1.807) is 6.07 Å². The molecule has 1 aromatic rings. The Labute approximate surface area is 103 Å². The Morgan fingerprint density at radius 2 is 2.06 bits per heavy atom. The molecule has 0 spiro atoms. The minimum absolute atomic E-state index is 0.266. The number of hydrogen-bond donors (Lipinski definition) is 0. The molecular formula is C12H12BrFN2. The predicted octanol–water partition coefficient (Wildman–Crippen LogP) is 3.25. The van der Waals surface area contributed by atoms with E-state index < -0.39 is 0 Å². The van der Waals surface area contributed by atoms with Gasteiger partial charge in [0.25, 0.3) is 0 Å². The summed E-state index contributed by atoms with van der Waals surface area (Å²) in [6.45, 7) is 1.89. The quantitative estimate of drug-likeness (QED) is 0.833. The van der Waals surface area contributed by atoms with Crippen molar-refractivity contribution in [1.82, 2.24) is 4.90 Å². The second-order valence-electron chi connectivity index (χ2n) is 3.94. The average Bonchev–Trinajstić information content (AvgIpc) is 2.75. The van der Waals surface area contributed by atoms with Gasteiger partial charge in [-0.15, -0.1) is 0 Å². The summed E-state index contributed by atoms with van der Waals surface area (Å²) in [5, 5.41) is 9.23. The van der Waals surface area contributed by atoms with Crippen molar-refractivity contribution >= 4 is 15.9 Å². The molecule has 2 rings (SSSR count). The van der Waals surface area contributed by atoms with Gasteiger partial charge in [-0.1, -0.05) is 22.0 Å². The van der Waals surface area contributed by atoms with E-state index >= 15 is 0 Å². The normalized spacial score (nSPS) is 18.3. The van der Waals surface area contributed by atoms with Crippen LogP contribution in [0, 0.1) is 17.1 Å². The molecule has 1 aliphatic heterocycles. The van der Waals surface area contributed by atoms with E-state index in [9.17, 15) is 9.65 Å². The summed E-state index contributed by atoms with van der Waals surface area (Å²) in [5.41, 5.74) is 0.853. The summed E-state index contributed by atoms with van der Waals surface area (Å²) in [5.74, 6) is -0.284. The zero-order valence-corrected chi connectivity index (χ0v) is 10.4. The van der Waals surface area contributed by atoms with Gasteiger partial charge in [-0.3, -0.25) is 4.90 Å². The monoisotopic (exact) mass is 282 g/mol. The molecule has 16 heavy (non-hydrogen) atoms. The van der Waals surface area contributed by atoms with Gasteiger partial charge in [-0.05, 0) is 43.6 Å². The highest BCUT2D eigenvalue weighted by atomic mass is 79.9. The zero-order valence-electron chi connectivity index (χ0n) is 8.79. The van der Waals surface area contributed by atoms with Crippen LogP contribution in [0.2, 0.25) is 0 Å². The fourth-order valence-corrected chi connectivity index (χ4v) is 2.64. The largest absolute Gasteiger partial charge is 0.284 e. The topological polar surface area (TPSA) is 27.0 Å². The summed E-state index contributed by atoms with van der Waals surface area (Å²) in [7, 11) is 0. The SMILES string of the molecule is N#CC(c1ccc(F)cc1Br)N1CCCC1. The van der Waals surface area contributed by atoms with E-state index in [1.807, 2.05) is 0 Å². The number of hydrogen-bond acceptors (Lipinski definition) is 2. The maximum atomic E-state index is 13.0. The third-order valence-corrected chi connectivity index (χ3v) is 3.57. The van der Waals surface area contributed by atoms with Crippen molar-refractivity contribution in [2.75, 3.05) is 13.1 Å². The van der Waals surface area contributed by atoms with Crippen LogP contribution in [-0.2, 0) is 0 Å². The van der Waals surface area contributed by atoms with Crippen LogP contribution in [0.4, 0.5) is 4.39 Å². The van der Waals surface area contributed by atoms with E-state index in [4.69, 9.17) is 0 Å². The molecular weight excluding hydrogens is 271 g/mol. The Bertz CT molecular complexity index is 422. The van der Waals surface area contributed by atoms with Gasteiger partial charge in [0, 0.05) is 4.47 Å². The molecule has 0 aromatic heterocycles. The molecule has 1 fully saturated rings. The lowest BCUT2D eigenvalue weighted by Gasteiger charge is -2.22. The highest BCUT2D eigenvalue weighted by Gasteiger charge is 2.24. The average molecular weight is 283 g/mol. The van der Waals surface area contributed by atoms with Crippen LogP contribution in [0.3, 0.4) is 0 Å². The second-order valence-corrected chi connectivity index (χ2v) is 4.79. The lowest BCUT2D eigenvalue weighted by atomic mass is 10.1. The fraction of sp³-hybridized carbons (Fsp3) is 0.417. The van der Waals surface area contributed by atoms with E-state index in [0.29, 0.717) is 4.47 Å².